The molecule has 0 unspecified atom stereocenters. The number of aliphatic hydroxyl groups is 1. The molecule has 31 heavy (non-hydrogen) atoms. The monoisotopic (exact) mass is 430 g/mol. The molecule has 0 aromatic heterocycles. The lowest BCUT2D eigenvalue weighted by Gasteiger charge is -2.23. The number of unbranched alkanes of at least 4 members (excludes halogenated alkanes) is 4. The van der Waals surface area contributed by atoms with Gasteiger partial charge in [0.1, 0.15) is 0 Å². The topological polar surface area (TPSA) is 29.5 Å². The van der Waals surface area contributed by atoms with Crippen molar-refractivity contribution in [2.45, 2.75) is 111 Å². The molecule has 2 atom stereocenters. The fourth-order valence-electron chi connectivity index (χ4n) is 3.61. The minimum absolute atomic E-state index is 0.107. The van der Waals surface area contributed by atoms with Gasteiger partial charge in [-0.15, -0.1) is 0 Å². The molecule has 0 aliphatic heterocycles. The summed E-state index contributed by atoms with van der Waals surface area (Å²) in [7, 11) is 1.76. The van der Waals surface area contributed by atoms with Crippen LogP contribution in [-0.4, -0.2) is 24.4 Å². The lowest BCUT2D eigenvalue weighted by molar-refractivity contribution is 0.143. The molecular formula is C29H50O2. The maximum Gasteiger partial charge on any atom is 0.0789 e. The Hall–Kier alpha value is -1.38. The molecule has 0 spiro atoms. The van der Waals surface area contributed by atoms with Crippen LogP contribution in [0.15, 0.2) is 60.8 Å². The summed E-state index contributed by atoms with van der Waals surface area (Å²) in [6.45, 7) is 9.19. The van der Waals surface area contributed by atoms with Crippen LogP contribution in [0, 0.1) is 5.41 Å². The zero-order valence-electron chi connectivity index (χ0n) is 21.1. The molecule has 0 radical (unpaired) electrons. The second-order valence-corrected chi connectivity index (χ2v) is 9.19. The summed E-state index contributed by atoms with van der Waals surface area (Å²) < 4.78 is 5.52. The Morgan fingerprint density at radius 1 is 0.774 bits per heavy atom. The van der Waals surface area contributed by atoms with E-state index in [1.54, 1.807) is 7.11 Å². The molecule has 0 saturated carbocycles. The van der Waals surface area contributed by atoms with Crippen LogP contribution in [0.5, 0.6) is 0 Å². The Morgan fingerprint density at radius 3 is 2.13 bits per heavy atom. The van der Waals surface area contributed by atoms with E-state index < -0.39 is 6.10 Å². The van der Waals surface area contributed by atoms with Crippen molar-refractivity contribution in [3.05, 3.63) is 60.8 Å². The van der Waals surface area contributed by atoms with Gasteiger partial charge in [-0.3, -0.25) is 0 Å². The molecule has 0 rings (SSSR count). The van der Waals surface area contributed by atoms with Gasteiger partial charge in [-0.05, 0) is 50.4 Å². The van der Waals surface area contributed by atoms with Crippen LogP contribution in [0.25, 0.3) is 0 Å². The second kappa shape index (κ2) is 20.5. The number of ether oxygens (including phenoxy) is 1. The number of hydrogen-bond acceptors (Lipinski definition) is 2. The van der Waals surface area contributed by atoms with Crippen molar-refractivity contribution in [2.75, 3.05) is 7.11 Å². The smallest absolute Gasteiger partial charge is 0.0789 e. The third-order valence-corrected chi connectivity index (χ3v) is 5.51. The van der Waals surface area contributed by atoms with Gasteiger partial charge < -0.3 is 9.84 Å². The zero-order chi connectivity index (χ0) is 23.2. The maximum absolute atomic E-state index is 9.79. The standard InChI is InChI=1S/C29H50O2/c1-6-8-16-21-27(30)22-17-13-14-19-24-28(31-5)23-18-12-10-9-11-15-20-26-29(3,4)25-7-2/h8,12-14,16-19,22,24,27-28,30H,6-7,9-11,15,20-21,23,25-26H2,1-5H3/b14-13+,16-8-,18-12-,22-17-,24-19+/t27-,28-/m1/s1. The highest BCUT2D eigenvalue weighted by atomic mass is 16.5. The molecule has 0 heterocycles. The molecule has 1 N–H and O–H groups in total. The van der Waals surface area contributed by atoms with Gasteiger partial charge in [-0.25, -0.2) is 0 Å². The zero-order valence-corrected chi connectivity index (χ0v) is 21.1. The molecular weight excluding hydrogens is 380 g/mol. The summed E-state index contributed by atoms with van der Waals surface area (Å²) in [4.78, 5) is 0. The summed E-state index contributed by atoms with van der Waals surface area (Å²) in [5.74, 6) is 0. The van der Waals surface area contributed by atoms with Crippen LogP contribution in [0.3, 0.4) is 0 Å². The van der Waals surface area contributed by atoms with Crippen LogP contribution in [0.2, 0.25) is 0 Å². The van der Waals surface area contributed by atoms with E-state index in [1.807, 2.05) is 36.5 Å². The van der Waals surface area contributed by atoms with E-state index in [1.165, 1.54) is 51.4 Å². The van der Waals surface area contributed by atoms with Gasteiger partial charge in [0.15, 0.2) is 0 Å². The Morgan fingerprint density at radius 2 is 1.45 bits per heavy atom. The summed E-state index contributed by atoms with van der Waals surface area (Å²) in [5.41, 5.74) is 0.524. The molecule has 0 bridgehead atoms. The Kier molecular flexibility index (Phi) is 19.6. The van der Waals surface area contributed by atoms with Crippen molar-refractivity contribution in [1.29, 1.82) is 0 Å². The lowest BCUT2D eigenvalue weighted by atomic mass is 9.83. The van der Waals surface area contributed by atoms with Crippen molar-refractivity contribution < 1.29 is 9.84 Å². The van der Waals surface area contributed by atoms with Crippen molar-refractivity contribution >= 4 is 0 Å². The van der Waals surface area contributed by atoms with Crippen molar-refractivity contribution in [3.8, 4) is 0 Å². The third kappa shape index (κ3) is 20.3. The average Bonchev–Trinajstić information content (AvgIpc) is 2.73. The third-order valence-electron chi connectivity index (χ3n) is 5.51. The Labute approximate surface area is 193 Å². The quantitative estimate of drug-likeness (QED) is 0.126. The second-order valence-electron chi connectivity index (χ2n) is 9.19. The van der Waals surface area contributed by atoms with Crippen LogP contribution < -0.4 is 0 Å². The van der Waals surface area contributed by atoms with Crippen molar-refractivity contribution in [3.63, 3.8) is 0 Å². The summed E-state index contributed by atoms with van der Waals surface area (Å²) in [6, 6.07) is 0. The number of aliphatic hydroxyl groups excluding tert-OH is 1. The predicted octanol–water partition coefficient (Wildman–Crippen LogP) is 8.50. The van der Waals surface area contributed by atoms with E-state index in [9.17, 15) is 5.11 Å². The van der Waals surface area contributed by atoms with Gasteiger partial charge in [0.05, 0.1) is 12.2 Å². The Balaban J connectivity index is 3.92. The number of hydrogen-bond donors (Lipinski definition) is 1. The molecule has 0 aliphatic rings. The number of allylic oxidation sites excluding steroid dienone is 6. The van der Waals surface area contributed by atoms with E-state index in [-0.39, 0.29) is 6.10 Å². The normalized spacial score (nSPS) is 15.4. The number of rotatable bonds is 19. The largest absolute Gasteiger partial charge is 0.389 e. The van der Waals surface area contributed by atoms with E-state index in [2.05, 4.69) is 52.0 Å². The molecule has 0 aliphatic carbocycles. The Bertz CT molecular complexity index is 537. The van der Waals surface area contributed by atoms with Crippen LogP contribution in [0.1, 0.15) is 98.3 Å². The van der Waals surface area contributed by atoms with E-state index in [4.69, 9.17) is 4.74 Å². The van der Waals surface area contributed by atoms with Gasteiger partial charge in [0, 0.05) is 7.11 Å². The summed E-state index contributed by atoms with van der Waals surface area (Å²) in [5, 5.41) is 9.79. The molecule has 178 valence electrons. The summed E-state index contributed by atoms with van der Waals surface area (Å²) in [6.07, 6.45) is 33.1. The van der Waals surface area contributed by atoms with Crippen molar-refractivity contribution in [1.82, 2.24) is 0 Å². The molecule has 0 saturated heterocycles. The first-order valence-corrected chi connectivity index (χ1v) is 12.5. The van der Waals surface area contributed by atoms with Crippen LogP contribution in [-0.2, 0) is 4.74 Å². The first-order valence-electron chi connectivity index (χ1n) is 12.5. The molecule has 0 fully saturated rings. The minimum Gasteiger partial charge on any atom is -0.389 e. The minimum atomic E-state index is -0.416. The molecule has 0 amide bonds. The molecule has 2 heteroatoms. The first kappa shape index (κ1) is 29.6. The highest BCUT2D eigenvalue weighted by molar-refractivity contribution is 5.14. The van der Waals surface area contributed by atoms with Gasteiger partial charge in [-0.2, -0.15) is 0 Å². The predicted molar refractivity (Wildman–Crippen MR) is 138 cm³/mol. The lowest BCUT2D eigenvalue weighted by Crippen LogP contribution is -2.10. The van der Waals surface area contributed by atoms with Gasteiger partial charge in [-0.1, -0.05) is 114 Å². The fraction of sp³-hybridized carbons (Fsp3) is 0.655. The molecule has 0 aromatic rings. The van der Waals surface area contributed by atoms with Crippen molar-refractivity contribution in [2.24, 2.45) is 5.41 Å². The van der Waals surface area contributed by atoms with E-state index >= 15 is 0 Å². The molecule has 0 aromatic carbocycles. The summed E-state index contributed by atoms with van der Waals surface area (Å²) >= 11 is 0. The first-order chi connectivity index (χ1) is 14.9. The fourth-order valence-corrected chi connectivity index (χ4v) is 3.61. The highest BCUT2D eigenvalue weighted by Gasteiger charge is 2.15. The van der Waals surface area contributed by atoms with Crippen LogP contribution in [0.4, 0.5) is 0 Å². The SMILES string of the molecule is CC/C=C\C[C@@H](O)\C=C/C=C/C=C/[C@@H](C/C=C\CCCCCCC(C)(C)CCC)OC. The highest BCUT2D eigenvalue weighted by Crippen LogP contribution is 2.29. The maximum atomic E-state index is 9.79. The van der Waals surface area contributed by atoms with E-state index in [0.29, 0.717) is 11.8 Å². The van der Waals surface area contributed by atoms with Gasteiger partial charge in [0.25, 0.3) is 0 Å². The number of methoxy groups -OCH3 is 1. The van der Waals surface area contributed by atoms with Crippen LogP contribution >= 0.6 is 0 Å². The average molecular weight is 431 g/mol. The van der Waals surface area contributed by atoms with E-state index in [0.717, 1.165) is 12.8 Å². The van der Waals surface area contributed by atoms with Gasteiger partial charge >= 0.3 is 0 Å². The molecule has 2 nitrogen and oxygen atoms in total. The van der Waals surface area contributed by atoms with Gasteiger partial charge in [0.2, 0.25) is 0 Å².